The summed E-state index contributed by atoms with van der Waals surface area (Å²) in [7, 11) is 1.58. The van der Waals surface area contributed by atoms with E-state index in [0.29, 0.717) is 26.1 Å². The third-order valence-electron chi connectivity index (χ3n) is 4.60. The Labute approximate surface area is 159 Å². The van der Waals surface area contributed by atoms with Crippen molar-refractivity contribution in [1.29, 1.82) is 0 Å². The average Bonchev–Trinajstić information content (AvgIpc) is 2.72. The highest BCUT2D eigenvalue weighted by atomic mass is 16.6. The van der Waals surface area contributed by atoms with Crippen molar-refractivity contribution >= 4 is 12.0 Å². The summed E-state index contributed by atoms with van der Waals surface area (Å²) in [6.07, 6.45) is -0.0182. The van der Waals surface area contributed by atoms with Gasteiger partial charge in [0.2, 0.25) is 5.91 Å². The van der Waals surface area contributed by atoms with Crippen LogP contribution in [0, 0.1) is 0 Å². The fourth-order valence-electron chi connectivity index (χ4n) is 3.15. The predicted octanol–water partition coefficient (Wildman–Crippen LogP) is 2.51. The fourth-order valence-corrected chi connectivity index (χ4v) is 3.15. The molecule has 2 amide bonds. The molecule has 2 aromatic carbocycles. The third-order valence-corrected chi connectivity index (χ3v) is 4.60. The van der Waals surface area contributed by atoms with E-state index in [0.717, 1.165) is 16.7 Å². The summed E-state index contributed by atoms with van der Waals surface area (Å²) in [5.41, 5.74) is 3.02. The molecule has 3 rings (SSSR count). The quantitative estimate of drug-likeness (QED) is 0.796. The minimum absolute atomic E-state index is 0.176. The maximum absolute atomic E-state index is 12.7. The predicted molar refractivity (Wildman–Crippen MR) is 101 cm³/mol. The number of methoxy groups -OCH3 is 1. The summed E-state index contributed by atoms with van der Waals surface area (Å²) in [6, 6.07) is 16.8. The van der Waals surface area contributed by atoms with Crippen LogP contribution in [0.2, 0.25) is 0 Å². The van der Waals surface area contributed by atoms with E-state index in [4.69, 9.17) is 9.47 Å². The van der Waals surface area contributed by atoms with E-state index in [1.807, 2.05) is 54.6 Å². The lowest BCUT2D eigenvalue weighted by Crippen LogP contribution is -2.53. The topological polar surface area (TPSA) is 67.9 Å². The Balaban J connectivity index is 1.72. The van der Waals surface area contributed by atoms with Gasteiger partial charge in [-0.05, 0) is 16.7 Å². The number of hydrogen-bond acceptors (Lipinski definition) is 4. The van der Waals surface area contributed by atoms with E-state index in [9.17, 15) is 9.59 Å². The van der Waals surface area contributed by atoms with Crippen LogP contribution < -0.4 is 5.32 Å². The van der Waals surface area contributed by atoms with Crippen molar-refractivity contribution in [1.82, 2.24) is 10.2 Å². The van der Waals surface area contributed by atoms with E-state index in [1.165, 1.54) is 4.90 Å². The number of ether oxygens (including phenoxy) is 2. The second-order valence-corrected chi connectivity index (χ2v) is 6.44. The minimum Gasteiger partial charge on any atom is -0.445 e. The molecule has 1 N–H and O–H groups in total. The normalized spacial score (nSPS) is 15.7. The number of nitrogens with one attached hydrogen (secondary N) is 1. The first-order valence-corrected chi connectivity index (χ1v) is 9.00. The van der Waals surface area contributed by atoms with Gasteiger partial charge in [0.15, 0.2) is 0 Å². The molecule has 1 aliphatic rings. The first kappa shape index (κ1) is 18.9. The standard InChI is InChI=1S/C21H24N2O4/c1-26-12-11-22-20(24)19-13-17-9-5-6-10-18(17)14-23(19)21(25)27-15-16-7-3-2-4-8-16/h2-10,19H,11-15H2,1H3,(H,22,24)/t19-/m0/s1. The molecule has 6 nitrogen and oxygen atoms in total. The van der Waals surface area contributed by atoms with Gasteiger partial charge >= 0.3 is 6.09 Å². The summed E-state index contributed by atoms with van der Waals surface area (Å²) < 4.78 is 10.4. The van der Waals surface area contributed by atoms with E-state index >= 15 is 0 Å². The Hall–Kier alpha value is -2.86. The molecular formula is C21H24N2O4. The maximum Gasteiger partial charge on any atom is 0.411 e. The molecular weight excluding hydrogens is 344 g/mol. The van der Waals surface area contributed by atoms with Gasteiger partial charge in [-0.15, -0.1) is 0 Å². The Bertz CT molecular complexity index is 779. The lowest BCUT2D eigenvalue weighted by atomic mass is 9.94. The number of benzene rings is 2. The third kappa shape index (κ3) is 4.86. The number of carbonyl (C=O) groups is 2. The van der Waals surface area contributed by atoms with Crippen molar-refractivity contribution in [3.8, 4) is 0 Å². The van der Waals surface area contributed by atoms with Crippen LogP contribution in [0.25, 0.3) is 0 Å². The summed E-state index contributed by atoms with van der Waals surface area (Å²) in [4.78, 5) is 26.9. The second-order valence-electron chi connectivity index (χ2n) is 6.44. The highest BCUT2D eigenvalue weighted by Gasteiger charge is 2.35. The molecule has 1 heterocycles. The molecule has 0 saturated carbocycles. The van der Waals surface area contributed by atoms with Gasteiger partial charge in [0.05, 0.1) is 13.2 Å². The number of hydrogen-bond donors (Lipinski definition) is 1. The fraction of sp³-hybridized carbons (Fsp3) is 0.333. The maximum atomic E-state index is 12.7. The highest BCUT2D eigenvalue weighted by Crippen LogP contribution is 2.24. The lowest BCUT2D eigenvalue weighted by Gasteiger charge is -2.35. The van der Waals surface area contributed by atoms with Crippen LogP contribution in [0.4, 0.5) is 4.79 Å². The van der Waals surface area contributed by atoms with Crippen LogP contribution in [0.3, 0.4) is 0 Å². The largest absolute Gasteiger partial charge is 0.445 e. The van der Waals surface area contributed by atoms with Gasteiger partial charge in [-0.25, -0.2) is 4.79 Å². The van der Waals surface area contributed by atoms with Crippen molar-refractivity contribution in [2.45, 2.75) is 25.6 Å². The van der Waals surface area contributed by atoms with Gasteiger partial charge in [0.25, 0.3) is 0 Å². The molecule has 6 heteroatoms. The first-order chi connectivity index (χ1) is 13.2. The van der Waals surface area contributed by atoms with Crippen LogP contribution in [0.1, 0.15) is 16.7 Å². The van der Waals surface area contributed by atoms with Gasteiger partial charge in [-0.2, -0.15) is 0 Å². The molecule has 0 aromatic heterocycles. The van der Waals surface area contributed by atoms with Crippen molar-refractivity contribution in [2.24, 2.45) is 0 Å². The number of amides is 2. The molecule has 0 saturated heterocycles. The molecule has 0 fully saturated rings. The molecule has 0 aliphatic carbocycles. The molecule has 142 valence electrons. The number of fused-ring (bicyclic) bond motifs is 1. The summed E-state index contributed by atoms with van der Waals surface area (Å²) in [6.45, 7) is 1.36. The molecule has 1 atom stereocenters. The van der Waals surface area contributed by atoms with Crippen LogP contribution in [-0.4, -0.2) is 43.2 Å². The van der Waals surface area contributed by atoms with Crippen LogP contribution in [-0.2, 0) is 33.8 Å². The molecule has 0 bridgehead atoms. The monoisotopic (exact) mass is 368 g/mol. The highest BCUT2D eigenvalue weighted by molar-refractivity contribution is 5.86. The number of nitrogens with zero attached hydrogens (tertiary/aromatic N) is 1. The summed E-state index contributed by atoms with van der Waals surface area (Å²) in [5.74, 6) is -0.196. The van der Waals surface area contributed by atoms with Gasteiger partial charge in [-0.3, -0.25) is 9.69 Å². The zero-order valence-corrected chi connectivity index (χ0v) is 15.4. The average molecular weight is 368 g/mol. The molecule has 0 unspecified atom stereocenters. The number of rotatable bonds is 6. The number of carbonyl (C=O) groups excluding carboxylic acids is 2. The van der Waals surface area contributed by atoms with Gasteiger partial charge in [0.1, 0.15) is 12.6 Å². The zero-order valence-electron chi connectivity index (χ0n) is 15.4. The van der Waals surface area contributed by atoms with Crippen LogP contribution >= 0.6 is 0 Å². The van der Waals surface area contributed by atoms with Crippen molar-refractivity contribution in [3.05, 3.63) is 71.3 Å². The zero-order chi connectivity index (χ0) is 19.1. The minimum atomic E-state index is -0.597. The SMILES string of the molecule is COCCNC(=O)[C@@H]1Cc2ccccc2CN1C(=O)OCc1ccccc1. The molecule has 0 radical (unpaired) electrons. The van der Waals surface area contributed by atoms with Gasteiger partial charge in [0, 0.05) is 20.1 Å². The Kier molecular flexibility index (Phi) is 6.44. The van der Waals surface area contributed by atoms with Crippen molar-refractivity contribution in [2.75, 3.05) is 20.3 Å². The summed E-state index contributed by atoms with van der Waals surface area (Å²) >= 11 is 0. The molecule has 27 heavy (non-hydrogen) atoms. The second kappa shape index (κ2) is 9.19. The van der Waals surface area contributed by atoms with Gasteiger partial charge < -0.3 is 14.8 Å². The van der Waals surface area contributed by atoms with Crippen molar-refractivity contribution in [3.63, 3.8) is 0 Å². The van der Waals surface area contributed by atoms with E-state index in [1.54, 1.807) is 7.11 Å². The van der Waals surface area contributed by atoms with E-state index in [2.05, 4.69) is 5.32 Å². The molecule has 0 spiro atoms. The van der Waals surface area contributed by atoms with Crippen LogP contribution in [0.5, 0.6) is 0 Å². The van der Waals surface area contributed by atoms with E-state index in [-0.39, 0.29) is 12.5 Å². The van der Waals surface area contributed by atoms with Crippen LogP contribution in [0.15, 0.2) is 54.6 Å². The Morgan fingerprint density at radius 3 is 2.52 bits per heavy atom. The molecule has 2 aromatic rings. The summed E-state index contributed by atoms with van der Waals surface area (Å²) in [5, 5.41) is 2.83. The molecule has 1 aliphatic heterocycles. The van der Waals surface area contributed by atoms with Gasteiger partial charge in [-0.1, -0.05) is 54.6 Å². The Morgan fingerprint density at radius 1 is 1.07 bits per heavy atom. The van der Waals surface area contributed by atoms with E-state index < -0.39 is 12.1 Å². The van der Waals surface area contributed by atoms with Crippen molar-refractivity contribution < 1.29 is 19.1 Å². The lowest BCUT2D eigenvalue weighted by molar-refractivity contribution is -0.126. The first-order valence-electron chi connectivity index (χ1n) is 9.00. The smallest absolute Gasteiger partial charge is 0.411 e. The Morgan fingerprint density at radius 2 is 1.78 bits per heavy atom.